The van der Waals surface area contributed by atoms with Crippen molar-refractivity contribution in [1.82, 2.24) is 14.5 Å². The van der Waals surface area contributed by atoms with Gasteiger partial charge in [-0.25, -0.2) is 14.8 Å². The van der Waals surface area contributed by atoms with Crippen molar-refractivity contribution in [2.45, 2.75) is 13.0 Å². The highest BCUT2D eigenvalue weighted by Gasteiger charge is 2.07. The minimum Gasteiger partial charge on any atom is -0.478 e. The molecule has 2 rings (SSSR count). The molecule has 100 valence electrons. The average molecular weight is 281 g/mol. The topological polar surface area (TPSA) is 80.0 Å². The van der Waals surface area contributed by atoms with Gasteiger partial charge in [-0.1, -0.05) is 11.6 Å². The van der Waals surface area contributed by atoms with Gasteiger partial charge in [-0.3, -0.25) is 0 Å². The summed E-state index contributed by atoms with van der Waals surface area (Å²) < 4.78 is 1.97. The van der Waals surface area contributed by atoms with Gasteiger partial charge in [0.2, 0.25) is 0 Å². The summed E-state index contributed by atoms with van der Waals surface area (Å²) >= 11 is 5.76. The number of anilines is 1. The number of pyridine rings is 1. The van der Waals surface area contributed by atoms with Crippen LogP contribution < -0.4 is 5.32 Å². The van der Waals surface area contributed by atoms with Gasteiger partial charge in [-0.2, -0.15) is 0 Å². The zero-order chi connectivity index (χ0) is 13.7. The second kappa shape index (κ2) is 6.19. The molecule has 0 amide bonds. The van der Waals surface area contributed by atoms with Crippen LogP contribution >= 0.6 is 11.6 Å². The summed E-state index contributed by atoms with van der Waals surface area (Å²) in [6.45, 7) is 1.50. The lowest BCUT2D eigenvalue weighted by molar-refractivity contribution is 0.0697. The number of rotatable bonds is 6. The third-order valence-corrected chi connectivity index (χ3v) is 2.69. The summed E-state index contributed by atoms with van der Waals surface area (Å²) in [6.07, 6.45) is 6.23. The normalized spacial score (nSPS) is 10.4. The molecule has 0 aliphatic heterocycles. The number of nitrogens with zero attached hydrogens (tertiary/aromatic N) is 3. The number of carbonyl (C=O) groups is 1. The highest BCUT2D eigenvalue weighted by molar-refractivity contribution is 6.29. The van der Waals surface area contributed by atoms with E-state index in [1.165, 1.54) is 12.1 Å². The third kappa shape index (κ3) is 3.96. The molecule has 0 aliphatic carbocycles. The maximum absolute atomic E-state index is 10.9. The zero-order valence-corrected chi connectivity index (χ0v) is 10.8. The van der Waals surface area contributed by atoms with Gasteiger partial charge in [0.05, 0.1) is 11.9 Å². The van der Waals surface area contributed by atoms with Crippen molar-refractivity contribution in [3.8, 4) is 0 Å². The van der Waals surface area contributed by atoms with Crippen molar-refractivity contribution in [2.75, 3.05) is 11.9 Å². The van der Waals surface area contributed by atoms with Crippen LogP contribution in [0.25, 0.3) is 0 Å². The molecule has 0 unspecified atom stereocenters. The van der Waals surface area contributed by atoms with E-state index < -0.39 is 5.97 Å². The lowest BCUT2D eigenvalue weighted by atomic mass is 10.2. The van der Waals surface area contributed by atoms with E-state index in [0.29, 0.717) is 12.4 Å². The number of carboxylic acid groups (broad SMARTS) is 1. The molecule has 0 aromatic carbocycles. The molecule has 2 aromatic heterocycles. The van der Waals surface area contributed by atoms with E-state index in [1.807, 2.05) is 10.8 Å². The van der Waals surface area contributed by atoms with E-state index >= 15 is 0 Å². The minimum absolute atomic E-state index is 0.122. The van der Waals surface area contributed by atoms with E-state index in [1.54, 1.807) is 12.5 Å². The van der Waals surface area contributed by atoms with Crippen LogP contribution in [0.3, 0.4) is 0 Å². The van der Waals surface area contributed by atoms with Crippen LogP contribution in [0.2, 0.25) is 5.15 Å². The molecule has 0 aliphatic rings. The number of aromatic nitrogens is 3. The van der Waals surface area contributed by atoms with E-state index in [-0.39, 0.29) is 10.7 Å². The Morgan fingerprint density at radius 2 is 2.32 bits per heavy atom. The van der Waals surface area contributed by atoms with Crippen molar-refractivity contribution < 1.29 is 9.90 Å². The van der Waals surface area contributed by atoms with Crippen molar-refractivity contribution in [3.05, 3.63) is 41.6 Å². The van der Waals surface area contributed by atoms with Crippen LogP contribution in [0.1, 0.15) is 16.8 Å². The lowest BCUT2D eigenvalue weighted by Crippen LogP contribution is -2.08. The van der Waals surface area contributed by atoms with E-state index in [4.69, 9.17) is 16.7 Å². The van der Waals surface area contributed by atoms with Crippen molar-refractivity contribution in [2.24, 2.45) is 0 Å². The molecule has 19 heavy (non-hydrogen) atoms. The standard InChI is InChI=1S/C12H13ClN4O2/c13-10-6-9(12(18)19)7-11(16-10)15-2-1-4-17-5-3-14-8-17/h3,5-8H,1-2,4H2,(H,15,16)(H,18,19). The number of aromatic carboxylic acids is 1. The average Bonchev–Trinajstić information content (AvgIpc) is 2.87. The van der Waals surface area contributed by atoms with E-state index in [0.717, 1.165) is 13.0 Å². The van der Waals surface area contributed by atoms with Crippen molar-refractivity contribution in [3.63, 3.8) is 0 Å². The number of imidazole rings is 1. The van der Waals surface area contributed by atoms with Crippen LogP contribution in [-0.2, 0) is 6.54 Å². The molecular weight excluding hydrogens is 268 g/mol. The van der Waals surface area contributed by atoms with Gasteiger partial charge in [0.15, 0.2) is 0 Å². The van der Waals surface area contributed by atoms with Gasteiger partial charge in [0.1, 0.15) is 11.0 Å². The molecule has 2 N–H and O–H groups in total. The highest BCUT2D eigenvalue weighted by atomic mass is 35.5. The van der Waals surface area contributed by atoms with Crippen LogP contribution in [0.5, 0.6) is 0 Å². The third-order valence-electron chi connectivity index (χ3n) is 2.50. The van der Waals surface area contributed by atoms with Gasteiger partial charge in [-0.15, -0.1) is 0 Å². The molecule has 7 heteroatoms. The second-order valence-corrected chi connectivity index (χ2v) is 4.34. The highest BCUT2D eigenvalue weighted by Crippen LogP contribution is 2.14. The maximum atomic E-state index is 10.9. The predicted molar refractivity (Wildman–Crippen MR) is 71.5 cm³/mol. The fourth-order valence-corrected chi connectivity index (χ4v) is 1.82. The van der Waals surface area contributed by atoms with Gasteiger partial charge < -0.3 is 15.0 Å². The van der Waals surface area contributed by atoms with Crippen LogP contribution in [0, 0.1) is 0 Å². The Balaban J connectivity index is 1.87. The first-order valence-electron chi connectivity index (χ1n) is 5.75. The predicted octanol–water partition coefficient (Wildman–Crippen LogP) is 2.13. The number of carboxylic acids is 1. The number of halogens is 1. The SMILES string of the molecule is O=C(O)c1cc(Cl)nc(NCCCn2ccnc2)c1. The number of nitrogens with one attached hydrogen (secondary N) is 1. The van der Waals surface area contributed by atoms with Gasteiger partial charge in [0, 0.05) is 25.5 Å². The lowest BCUT2D eigenvalue weighted by Gasteiger charge is -2.07. The Morgan fingerprint density at radius 1 is 1.47 bits per heavy atom. The number of aryl methyl sites for hydroxylation is 1. The molecule has 0 atom stereocenters. The van der Waals surface area contributed by atoms with E-state index in [9.17, 15) is 4.79 Å². The Kier molecular flexibility index (Phi) is 4.35. The molecule has 0 radical (unpaired) electrons. The monoisotopic (exact) mass is 280 g/mol. The molecule has 0 saturated carbocycles. The van der Waals surface area contributed by atoms with E-state index in [2.05, 4.69) is 15.3 Å². The molecule has 0 spiro atoms. The van der Waals surface area contributed by atoms with Crippen LogP contribution in [-0.4, -0.2) is 32.2 Å². The summed E-state index contributed by atoms with van der Waals surface area (Å²) in [4.78, 5) is 18.8. The van der Waals surface area contributed by atoms with Crippen LogP contribution in [0.4, 0.5) is 5.82 Å². The van der Waals surface area contributed by atoms with Gasteiger partial charge in [-0.05, 0) is 18.6 Å². The van der Waals surface area contributed by atoms with Crippen molar-refractivity contribution >= 4 is 23.4 Å². The van der Waals surface area contributed by atoms with Crippen LogP contribution in [0.15, 0.2) is 30.9 Å². The molecular formula is C12H13ClN4O2. The summed E-state index contributed by atoms with van der Waals surface area (Å²) in [5.74, 6) is -0.554. The molecule has 6 nitrogen and oxygen atoms in total. The second-order valence-electron chi connectivity index (χ2n) is 3.95. The summed E-state index contributed by atoms with van der Waals surface area (Å²) in [5, 5.41) is 12.1. The largest absolute Gasteiger partial charge is 0.478 e. The Bertz CT molecular complexity index is 557. The zero-order valence-electron chi connectivity index (χ0n) is 10.1. The molecule has 2 aromatic rings. The summed E-state index contributed by atoms with van der Waals surface area (Å²) in [6, 6.07) is 2.78. The first-order chi connectivity index (χ1) is 9.15. The minimum atomic E-state index is -1.02. The molecule has 2 heterocycles. The Labute approximate surface area is 115 Å². The summed E-state index contributed by atoms with van der Waals surface area (Å²) in [7, 11) is 0. The van der Waals surface area contributed by atoms with Gasteiger partial charge in [0.25, 0.3) is 0 Å². The first kappa shape index (κ1) is 13.4. The number of hydrogen-bond donors (Lipinski definition) is 2. The fourth-order valence-electron chi connectivity index (χ4n) is 1.61. The quantitative estimate of drug-likeness (QED) is 0.626. The molecule has 0 fully saturated rings. The van der Waals surface area contributed by atoms with Gasteiger partial charge >= 0.3 is 5.97 Å². The summed E-state index contributed by atoms with van der Waals surface area (Å²) in [5.41, 5.74) is 0.122. The maximum Gasteiger partial charge on any atom is 0.335 e. The first-order valence-corrected chi connectivity index (χ1v) is 6.13. The fraction of sp³-hybridized carbons (Fsp3) is 0.250. The Hall–Kier alpha value is -2.08. The molecule has 0 bridgehead atoms. The van der Waals surface area contributed by atoms with Crippen molar-refractivity contribution in [1.29, 1.82) is 0 Å². The smallest absolute Gasteiger partial charge is 0.335 e. The number of hydrogen-bond acceptors (Lipinski definition) is 4. The Morgan fingerprint density at radius 3 is 3.00 bits per heavy atom. The molecule has 0 saturated heterocycles.